The third kappa shape index (κ3) is 2.83. The summed E-state index contributed by atoms with van der Waals surface area (Å²) in [5.74, 6) is 1.10. The van der Waals surface area contributed by atoms with Crippen molar-refractivity contribution in [3.63, 3.8) is 0 Å². The molecule has 0 unspecified atom stereocenters. The number of ether oxygens (including phenoxy) is 1. The number of aromatic nitrogens is 6. The number of anilines is 2. The first-order valence-corrected chi connectivity index (χ1v) is 9.11. The van der Waals surface area contributed by atoms with Crippen molar-refractivity contribution < 1.29 is 4.74 Å². The predicted octanol–water partition coefficient (Wildman–Crippen LogP) is 2.78. The average molecular weight is 408 g/mol. The molecule has 0 aliphatic carbocycles. The summed E-state index contributed by atoms with van der Waals surface area (Å²) in [4.78, 5) is 12.6. The Balaban J connectivity index is 1.78. The number of benzene rings is 2. The second kappa shape index (κ2) is 6.71. The predicted molar refractivity (Wildman–Crippen MR) is 107 cm³/mol. The molecule has 0 saturated heterocycles. The Bertz CT molecular complexity index is 1250. The fourth-order valence-electron chi connectivity index (χ4n) is 3.46. The van der Waals surface area contributed by atoms with Gasteiger partial charge in [0.15, 0.2) is 0 Å². The van der Waals surface area contributed by atoms with Crippen molar-refractivity contribution in [2.45, 2.75) is 6.04 Å². The topological polar surface area (TPSA) is 111 Å². The lowest BCUT2D eigenvalue weighted by Gasteiger charge is -2.27. The van der Waals surface area contributed by atoms with Crippen molar-refractivity contribution in [2.75, 3.05) is 12.4 Å². The van der Waals surface area contributed by atoms with Gasteiger partial charge in [0.2, 0.25) is 5.95 Å². The van der Waals surface area contributed by atoms with Gasteiger partial charge in [-0.05, 0) is 40.3 Å². The van der Waals surface area contributed by atoms with Crippen LogP contribution in [-0.2, 0) is 0 Å². The van der Waals surface area contributed by atoms with E-state index in [2.05, 4.69) is 31.0 Å². The Hall–Kier alpha value is -3.72. The van der Waals surface area contributed by atoms with Gasteiger partial charge in [-0.2, -0.15) is 9.78 Å². The Morgan fingerprint density at radius 3 is 2.59 bits per heavy atom. The lowest BCUT2D eigenvalue weighted by molar-refractivity contribution is 0.414. The van der Waals surface area contributed by atoms with Crippen LogP contribution in [-0.4, -0.2) is 37.5 Å². The molecule has 2 N–H and O–H groups in total. The fourth-order valence-corrected chi connectivity index (χ4v) is 3.59. The summed E-state index contributed by atoms with van der Waals surface area (Å²) >= 11 is 6.04. The number of nitrogens with zero attached hydrogens (tertiary/aromatic N) is 5. The van der Waals surface area contributed by atoms with E-state index in [1.807, 2.05) is 36.4 Å². The minimum atomic E-state index is -0.456. The van der Waals surface area contributed by atoms with Crippen LogP contribution in [0.4, 0.5) is 11.6 Å². The van der Waals surface area contributed by atoms with Crippen LogP contribution in [0.2, 0.25) is 5.02 Å². The molecule has 2 aromatic heterocycles. The van der Waals surface area contributed by atoms with E-state index in [0.29, 0.717) is 27.9 Å². The Morgan fingerprint density at radius 1 is 1.10 bits per heavy atom. The molecule has 3 heterocycles. The molecule has 1 aliphatic rings. The van der Waals surface area contributed by atoms with Gasteiger partial charge < -0.3 is 10.1 Å². The second-order valence-corrected chi connectivity index (χ2v) is 6.88. The van der Waals surface area contributed by atoms with E-state index in [9.17, 15) is 4.79 Å². The maximum Gasteiger partial charge on any atom is 0.288 e. The molecule has 0 radical (unpaired) electrons. The Labute approximate surface area is 169 Å². The van der Waals surface area contributed by atoms with Crippen LogP contribution in [0.3, 0.4) is 0 Å². The number of methoxy groups -OCH3 is 1. The highest BCUT2D eigenvalue weighted by Gasteiger charge is 2.34. The molecule has 2 aromatic carbocycles. The zero-order valence-electron chi connectivity index (χ0n) is 15.1. The van der Waals surface area contributed by atoms with Gasteiger partial charge in [0.1, 0.15) is 17.5 Å². The quantitative estimate of drug-likeness (QED) is 0.473. The first-order chi connectivity index (χ1) is 14.2. The van der Waals surface area contributed by atoms with E-state index in [4.69, 9.17) is 16.3 Å². The van der Waals surface area contributed by atoms with E-state index in [1.54, 1.807) is 23.9 Å². The number of hydrogen-bond acceptors (Lipinski definition) is 7. The molecule has 0 bridgehead atoms. The van der Waals surface area contributed by atoms with Gasteiger partial charge in [0.25, 0.3) is 5.56 Å². The van der Waals surface area contributed by atoms with Crippen molar-refractivity contribution in [1.29, 1.82) is 0 Å². The number of aromatic amines is 1. The molecule has 5 rings (SSSR count). The van der Waals surface area contributed by atoms with Crippen molar-refractivity contribution in [3.05, 3.63) is 75.0 Å². The van der Waals surface area contributed by atoms with Gasteiger partial charge in [-0.25, -0.2) is 5.10 Å². The van der Waals surface area contributed by atoms with E-state index >= 15 is 0 Å². The van der Waals surface area contributed by atoms with Crippen LogP contribution in [0.5, 0.6) is 5.75 Å². The summed E-state index contributed by atoms with van der Waals surface area (Å²) < 4.78 is 6.89. The average Bonchev–Trinajstić information content (AvgIpc) is 3.22. The third-order valence-electron chi connectivity index (χ3n) is 4.82. The molecule has 0 amide bonds. The molecule has 144 valence electrons. The van der Waals surface area contributed by atoms with Crippen molar-refractivity contribution in [2.24, 2.45) is 0 Å². The molecule has 1 aliphatic heterocycles. The van der Waals surface area contributed by atoms with E-state index in [1.165, 1.54) is 0 Å². The molecule has 0 saturated carbocycles. The first kappa shape index (κ1) is 17.4. The van der Waals surface area contributed by atoms with E-state index < -0.39 is 6.04 Å². The van der Waals surface area contributed by atoms with Crippen LogP contribution in [0.1, 0.15) is 17.2 Å². The van der Waals surface area contributed by atoms with E-state index in [0.717, 1.165) is 16.9 Å². The first-order valence-electron chi connectivity index (χ1n) is 8.73. The third-order valence-corrected chi connectivity index (χ3v) is 5.07. The summed E-state index contributed by atoms with van der Waals surface area (Å²) in [6, 6.07) is 14.3. The standard InChI is InChI=1S/C19H14ClN7O2/c1-29-13-8-4-11(5-9-13)17-14-15(10-2-6-12(20)7-3-10)22-23-18(28)16(14)21-19-24-25-26-27(17)19/h2-9,17H,1H3,(H,23,28)(H,21,24,26)/t17-/m0/s1. The molecule has 29 heavy (non-hydrogen) atoms. The highest BCUT2D eigenvalue weighted by molar-refractivity contribution is 6.30. The minimum Gasteiger partial charge on any atom is -0.497 e. The molecule has 1 atom stereocenters. The van der Waals surface area contributed by atoms with Gasteiger partial charge in [-0.15, -0.1) is 0 Å². The van der Waals surface area contributed by atoms with Crippen molar-refractivity contribution >= 4 is 23.2 Å². The van der Waals surface area contributed by atoms with Crippen LogP contribution >= 0.6 is 11.6 Å². The van der Waals surface area contributed by atoms with Gasteiger partial charge in [0.05, 0.1) is 12.8 Å². The zero-order chi connectivity index (χ0) is 20.0. The minimum absolute atomic E-state index is 0.355. The molecular weight excluding hydrogens is 394 g/mol. The monoisotopic (exact) mass is 407 g/mol. The fraction of sp³-hybridized carbons (Fsp3) is 0.105. The summed E-state index contributed by atoms with van der Waals surface area (Å²) in [5, 5.41) is 22.4. The lowest BCUT2D eigenvalue weighted by atomic mass is 9.92. The second-order valence-electron chi connectivity index (χ2n) is 6.44. The van der Waals surface area contributed by atoms with Crippen LogP contribution in [0.25, 0.3) is 11.3 Å². The summed E-state index contributed by atoms with van der Waals surface area (Å²) in [6.45, 7) is 0. The van der Waals surface area contributed by atoms with Gasteiger partial charge in [-0.1, -0.05) is 41.0 Å². The number of hydrogen-bond donors (Lipinski definition) is 2. The zero-order valence-corrected chi connectivity index (χ0v) is 15.9. The lowest BCUT2D eigenvalue weighted by Crippen LogP contribution is -2.29. The maximum atomic E-state index is 12.6. The molecule has 9 nitrogen and oxygen atoms in total. The van der Waals surface area contributed by atoms with Gasteiger partial charge in [0, 0.05) is 16.1 Å². The summed E-state index contributed by atoms with van der Waals surface area (Å²) in [7, 11) is 1.61. The Kier molecular flexibility index (Phi) is 4.02. The molecule has 4 aromatic rings. The van der Waals surface area contributed by atoms with Gasteiger partial charge >= 0.3 is 0 Å². The van der Waals surface area contributed by atoms with E-state index in [-0.39, 0.29) is 5.56 Å². The molecule has 0 fully saturated rings. The highest BCUT2D eigenvalue weighted by Crippen LogP contribution is 2.41. The van der Waals surface area contributed by atoms with Crippen LogP contribution in [0, 0.1) is 0 Å². The van der Waals surface area contributed by atoms with Crippen LogP contribution in [0.15, 0.2) is 53.3 Å². The molecular formula is C19H14ClN7O2. The van der Waals surface area contributed by atoms with Gasteiger partial charge in [-0.3, -0.25) is 4.79 Å². The summed E-state index contributed by atoms with van der Waals surface area (Å²) in [6.07, 6.45) is 0. The SMILES string of the molecule is COc1ccc([C@H]2c3c(-c4ccc(Cl)cc4)n[nH]c(=O)c3Nc3nnnn32)cc1. The maximum absolute atomic E-state index is 12.6. The molecule has 0 spiro atoms. The number of nitrogens with one attached hydrogen (secondary N) is 2. The van der Waals surface area contributed by atoms with Crippen LogP contribution < -0.4 is 15.6 Å². The Morgan fingerprint density at radius 2 is 1.86 bits per heavy atom. The summed E-state index contributed by atoms with van der Waals surface area (Å²) in [5.41, 5.74) is 2.95. The number of fused-ring (bicyclic) bond motifs is 2. The van der Waals surface area contributed by atoms with Crippen molar-refractivity contribution in [1.82, 2.24) is 30.4 Å². The van der Waals surface area contributed by atoms with Crippen molar-refractivity contribution in [3.8, 4) is 17.0 Å². The molecule has 10 heteroatoms. The number of halogens is 1. The number of tetrazole rings is 1. The smallest absolute Gasteiger partial charge is 0.288 e. The number of rotatable bonds is 3. The largest absolute Gasteiger partial charge is 0.497 e. The number of H-pyrrole nitrogens is 1. The highest BCUT2D eigenvalue weighted by atomic mass is 35.5. The normalized spacial score (nSPS) is 14.6.